The highest BCUT2D eigenvalue weighted by molar-refractivity contribution is 6.31. The molecule has 33 heavy (non-hydrogen) atoms. The number of nitrogens with zero attached hydrogens (tertiary/aromatic N) is 1. The van der Waals surface area contributed by atoms with E-state index in [4.69, 9.17) is 16.3 Å². The van der Waals surface area contributed by atoms with Crippen LogP contribution in [0.3, 0.4) is 0 Å². The maximum Gasteiger partial charge on any atom is 0.417 e. The summed E-state index contributed by atoms with van der Waals surface area (Å²) in [7, 11) is 0. The molecule has 2 heterocycles. The minimum absolute atomic E-state index is 0.0745. The van der Waals surface area contributed by atoms with E-state index in [9.17, 15) is 27.6 Å². The van der Waals surface area contributed by atoms with Crippen molar-refractivity contribution in [2.75, 3.05) is 6.54 Å². The van der Waals surface area contributed by atoms with Crippen LogP contribution in [0.25, 0.3) is 0 Å². The van der Waals surface area contributed by atoms with E-state index in [1.165, 1.54) is 18.2 Å². The molecule has 11 heteroatoms. The normalized spacial score (nSPS) is 15.3. The lowest BCUT2D eigenvalue weighted by molar-refractivity contribution is -0.137. The number of pyridine rings is 1. The maximum absolute atomic E-state index is 12.6. The van der Waals surface area contributed by atoms with Crippen LogP contribution >= 0.6 is 11.6 Å². The van der Waals surface area contributed by atoms with E-state index in [-0.39, 0.29) is 48.7 Å². The molecule has 0 aliphatic carbocycles. The Morgan fingerprint density at radius 1 is 1.21 bits per heavy atom. The molecule has 1 aliphatic rings. The lowest BCUT2D eigenvalue weighted by Gasteiger charge is -2.24. The number of aromatic nitrogens is 1. The number of amides is 2. The number of nitrogens with one attached hydrogen (secondary N) is 2. The molecule has 1 atom stereocenters. The van der Waals surface area contributed by atoms with E-state index in [0.29, 0.717) is 16.8 Å². The van der Waals surface area contributed by atoms with Crippen LogP contribution in [0.4, 0.5) is 13.2 Å². The third-order valence-corrected chi connectivity index (χ3v) is 5.04. The third kappa shape index (κ3) is 6.32. The highest BCUT2D eigenvalue weighted by atomic mass is 35.5. The number of hydrogen-bond acceptors (Lipinski definition) is 5. The van der Waals surface area contributed by atoms with Crippen molar-refractivity contribution < 1.29 is 32.3 Å². The van der Waals surface area contributed by atoms with Gasteiger partial charge in [0.25, 0.3) is 5.91 Å². The molecule has 1 aromatic heterocycles. The van der Waals surface area contributed by atoms with Gasteiger partial charge in [-0.3, -0.25) is 19.4 Å². The summed E-state index contributed by atoms with van der Waals surface area (Å²) in [6.45, 7) is 3.64. The Kier molecular flexibility index (Phi) is 7.37. The van der Waals surface area contributed by atoms with Crippen molar-refractivity contribution in [1.82, 2.24) is 15.6 Å². The summed E-state index contributed by atoms with van der Waals surface area (Å²) >= 11 is 5.87. The SMILES string of the molecule is C=C(CCNC(=O)[C@H]1CC(=O)c2cc(Cl)ccc2O1)C(=O)NCc1ccc(C(F)(F)F)cn1. The first-order valence-electron chi connectivity index (χ1n) is 9.80. The molecule has 1 aromatic carbocycles. The molecule has 0 fully saturated rings. The van der Waals surface area contributed by atoms with Crippen molar-refractivity contribution >= 4 is 29.2 Å². The van der Waals surface area contributed by atoms with Gasteiger partial charge in [0.2, 0.25) is 5.91 Å². The Balaban J connectivity index is 1.42. The third-order valence-electron chi connectivity index (χ3n) is 4.80. The van der Waals surface area contributed by atoms with E-state index in [1.54, 1.807) is 6.07 Å². The number of rotatable bonds is 7. The van der Waals surface area contributed by atoms with Crippen LogP contribution in [0.15, 0.2) is 48.7 Å². The van der Waals surface area contributed by atoms with Gasteiger partial charge in [-0.05, 0) is 36.8 Å². The van der Waals surface area contributed by atoms with Gasteiger partial charge in [0.1, 0.15) is 5.75 Å². The number of benzene rings is 1. The molecular formula is C22H19ClF3N3O4. The molecule has 0 radical (unpaired) electrons. The molecule has 2 N–H and O–H groups in total. The molecule has 2 aromatic rings. The monoisotopic (exact) mass is 481 g/mol. The van der Waals surface area contributed by atoms with Crippen molar-refractivity contribution in [3.05, 3.63) is 70.5 Å². The number of ketones is 1. The van der Waals surface area contributed by atoms with E-state index >= 15 is 0 Å². The standard InChI is InChI=1S/C22H19ClF3N3O4/c1-12(20(31)29-11-15-4-2-13(10-28-15)22(24,25)26)6-7-27-21(32)19-9-17(30)16-8-14(23)3-5-18(16)33-19/h2-5,8,10,19H,1,6-7,9,11H2,(H,27,32)(H,29,31)/t19-/m1/s1. The van der Waals surface area contributed by atoms with Crippen molar-refractivity contribution in [1.29, 1.82) is 0 Å². The second-order valence-electron chi connectivity index (χ2n) is 7.24. The topological polar surface area (TPSA) is 97.4 Å². The number of hydrogen-bond donors (Lipinski definition) is 2. The molecular weight excluding hydrogens is 463 g/mol. The highest BCUT2D eigenvalue weighted by Gasteiger charge is 2.32. The van der Waals surface area contributed by atoms with E-state index in [1.807, 2.05) is 0 Å². The molecule has 2 amide bonds. The predicted molar refractivity (Wildman–Crippen MR) is 113 cm³/mol. The minimum Gasteiger partial charge on any atom is -0.479 e. The molecule has 7 nitrogen and oxygen atoms in total. The van der Waals surface area contributed by atoms with E-state index < -0.39 is 29.7 Å². The van der Waals surface area contributed by atoms with Crippen LogP contribution in [0.1, 0.15) is 34.5 Å². The van der Waals surface area contributed by atoms with Gasteiger partial charge >= 0.3 is 6.18 Å². The fraction of sp³-hybridized carbons (Fsp3) is 0.273. The number of carbonyl (C=O) groups is 3. The molecule has 0 saturated carbocycles. The number of ether oxygens (including phenoxy) is 1. The van der Waals surface area contributed by atoms with Crippen molar-refractivity contribution in [3.63, 3.8) is 0 Å². The molecule has 1 aliphatic heterocycles. The number of Topliss-reactive ketones (excluding diaryl/α,β-unsaturated/α-hetero) is 1. The van der Waals surface area contributed by atoms with Crippen molar-refractivity contribution in [2.45, 2.75) is 31.7 Å². The number of fused-ring (bicyclic) bond motifs is 1. The maximum atomic E-state index is 12.6. The minimum atomic E-state index is -4.49. The lowest BCUT2D eigenvalue weighted by Crippen LogP contribution is -2.42. The van der Waals surface area contributed by atoms with E-state index in [2.05, 4.69) is 22.2 Å². The van der Waals surface area contributed by atoms with Gasteiger partial charge in [-0.15, -0.1) is 0 Å². The summed E-state index contributed by atoms with van der Waals surface area (Å²) < 4.78 is 43.2. The largest absolute Gasteiger partial charge is 0.479 e. The summed E-state index contributed by atoms with van der Waals surface area (Å²) in [4.78, 5) is 40.4. The van der Waals surface area contributed by atoms with Crippen LogP contribution in [-0.2, 0) is 22.3 Å². The van der Waals surface area contributed by atoms with Gasteiger partial charge < -0.3 is 15.4 Å². The Morgan fingerprint density at radius 2 is 1.97 bits per heavy atom. The van der Waals surface area contributed by atoms with Crippen LogP contribution in [0.2, 0.25) is 5.02 Å². The van der Waals surface area contributed by atoms with Gasteiger partial charge in [0, 0.05) is 23.3 Å². The first-order chi connectivity index (χ1) is 15.5. The summed E-state index contributed by atoms with van der Waals surface area (Å²) in [5, 5.41) is 5.49. The zero-order valence-electron chi connectivity index (χ0n) is 17.2. The molecule has 0 unspecified atom stereocenters. The zero-order valence-corrected chi connectivity index (χ0v) is 17.9. The second-order valence-corrected chi connectivity index (χ2v) is 7.67. The zero-order chi connectivity index (χ0) is 24.2. The Bertz CT molecular complexity index is 1090. The summed E-state index contributed by atoms with van der Waals surface area (Å²) in [6, 6.07) is 6.60. The van der Waals surface area contributed by atoms with Gasteiger partial charge in [-0.25, -0.2) is 0 Å². The molecule has 0 bridgehead atoms. The fourth-order valence-electron chi connectivity index (χ4n) is 3.00. The molecule has 0 spiro atoms. The molecule has 174 valence electrons. The van der Waals surface area contributed by atoms with Crippen LogP contribution < -0.4 is 15.4 Å². The smallest absolute Gasteiger partial charge is 0.417 e. The number of alkyl halides is 3. The van der Waals surface area contributed by atoms with E-state index in [0.717, 1.165) is 6.07 Å². The quantitative estimate of drug-likeness (QED) is 0.590. The lowest BCUT2D eigenvalue weighted by atomic mass is 10.0. The van der Waals surface area contributed by atoms with Crippen molar-refractivity contribution in [3.8, 4) is 5.75 Å². The first kappa shape index (κ1) is 24.2. The van der Waals surface area contributed by atoms with Crippen LogP contribution in [0.5, 0.6) is 5.75 Å². The number of carbonyl (C=O) groups excluding carboxylic acids is 3. The van der Waals surface area contributed by atoms with Gasteiger partial charge in [-0.2, -0.15) is 13.2 Å². The average Bonchev–Trinajstić information content (AvgIpc) is 2.77. The van der Waals surface area contributed by atoms with Crippen LogP contribution in [0, 0.1) is 0 Å². The Labute approximate surface area is 192 Å². The molecule has 0 saturated heterocycles. The Hall–Kier alpha value is -3.40. The first-order valence-corrected chi connectivity index (χ1v) is 10.2. The van der Waals surface area contributed by atoms with Gasteiger partial charge in [-0.1, -0.05) is 18.2 Å². The summed E-state index contributed by atoms with van der Waals surface area (Å²) in [6.07, 6.45) is -4.82. The van der Waals surface area contributed by atoms with Crippen LogP contribution in [-0.4, -0.2) is 35.2 Å². The average molecular weight is 482 g/mol. The van der Waals surface area contributed by atoms with Gasteiger partial charge in [0.05, 0.1) is 29.8 Å². The summed E-state index contributed by atoms with van der Waals surface area (Å²) in [5.41, 5.74) is -0.159. The predicted octanol–water partition coefficient (Wildman–Crippen LogP) is 3.47. The number of halogens is 4. The second kappa shape index (κ2) is 10.0. The molecule has 3 rings (SSSR count). The van der Waals surface area contributed by atoms with Crippen molar-refractivity contribution in [2.24, 2.45) is 0 Å². The Morgan fingerprint density at radius 3 is 2.64 bits per heavy atom. The summed E-state index contributed by atoms with van der Waals surface area (Å²) in [5.74, 6) is -1.03. The van der Waals surface area contributed by atoms with Gasteiger partial charge in [0.15, 0.2) is 11.9 Å². The fourth-order valence-corrected chi connectivity index (χ4v) is 3.17. The highest BCUT2D eigenvalue weighted by Crippen LogP contribution is 2.30.